The van der Waals surface area contributed by atoms with Crippen LogP contribution in [0.3, 0.4) is 0 Å². The Kier molecular flexibility index (Phi) is 3.86. The third-order valence-electron chi connectivity index (χ3n) is 4.60. The topological polar surface area (TPSA) is 77.7 Å². The summed E-state index contributed by atoms with van der Waals surface area (Å²) in [6.45, 7) is 1.48. The standard InChI is InChI=1S/C18H19N5O/c24-18(16-8-9-19-21-16)23-10-4-7-14(12-23)17-15(11-20-22-17)13-5-2-1-3-6-13/h1-3,5-6,8-9,11,14H,4,7,10,12H2,(H,19,21)(H,20,22)/t14-/m1/s1. The van der Waals surface area contributed by atoms with Gasteiger partial charge in [-0.25, -0.2) is 0 Å². The first-order valence-electron chi connectivity index (χ1n) is 8.20. The normalized spacial score (nSPS) is 17.8. The lowest BCUT2D eigenvalue weighted by molar-refractivity contribution is 0.0700. The van der Waals surface area contributed by atoms with Gasteiger partial charge in [0.15, 0.2) is 0 Å². The number of hydrogen-bond acceptors (Lipinski definition) is 3. The molecule has 6 heteroatoms. The largest absolute Gasteiger partial charge is 0.337 e. The van der Waals surface area contributed by atoms with Gasteiger partial charge in [-0.1, -0.05) is 30.3 Å². The van der Waals surface area contributed by atoms with Crippen LogP contribution in [0.2, 0.25) is 0 Å². The van der Waals surface area contributed by atoms with Crippen molar-refractivity contribution in [3.63, 3.8) is 0 Å². The lowest BCUT2D eigenvalue weighted by Gasteiger charge is -2.32. The molecule has 24 heavy (non-hydrogen) atoms. The highest BCUT2D eigenvalue weighted by Gasteiger charge is 2.28. The Labute approximate surface area is 139 Å². The maximum Gasteiger partial charge on any atom is 0.271 e. The smallest absolute Gasteiger partial charge is 0.271 e. The number of amides is 1. The van der Waals surface area contributed by atoms with Crippen LogP contribution in [0.15, 0.2) is 48.8 Å². The van der Waals surface area contributed by atoms with E-state index in [-0.39, 0.29) is 11.8 Å². The highest BCUT2D eigenvalue weighted by molar-refractivity contribution is 5.92. The highest BCUT2D eigenvalue weighted by atomic mass is 16.2. The van der Waals surface area contributed by atoms with Gasteiger partial charge in [-0.05, 0) is 24.5 Å². The number of benzene rings is 1. The molecule has 1 aliphatic heterocycles. The van der Waals surface area contributed by atoms with Crippen LogP contribution in [-0.2, 0) is 0 Å². The molecule has 0 unspecified atom stereocenters. The van der Waals surface area contributed by atoms with Crippen molar-refractivity contribution in [3.8, 4) is 11.1 Å². The molecule has 0 aliphatic carbocycles. The van der Waals surface area contributed by atoms with Crippen molar-refractivity contribution >= 4 is 5.91 Å². The Morgan fingerprint density at radius 3 is 2.79 bits per heavy atom. The predicted molar refractivity (Wildman–Crippen MR) is 90.5 cm³/mol. The minimum atomic E-state index is 0.0120. The third-order valence-corrected chi connectivity index (χ3v) is 4.60. The van der Waals surface area contributed by atoms with Crippen molar-refractivity contribution in [2.24, 2.45) is 0 Å². The summed E-state index contributed by atoms with van der Waals surface area (Å²) in [6.07, 6.45) is 5.52. The second kappa shape index (κ2) is 6.31. The molecule has 4 rings (SSSR count). The monoisotopic (exact) mass is 321 g/mol. The molecule has 3 heterocycles. The Morgan fingerprint density at radius 2 is 2.00 bits per heavy atom. The van der Waals surface area contributed by atoms with Crippen molar-refractivity contribution in [1.29, 1.82) is 0 Å². The summed E-state index contributed by atoms with van der Waals surface area (Å²) in [5.74, 6) is 0.279. The fourth-order valence-electron chi connectivity index (χ4n) is 3.40. The summed E-state index contributed by atoms with van der Waals surface area (Å²) in [4.78, 5) is 14.5. The molecular formula is C18H19N5O. The summed E-state index contributed by atoms with van der Waals surface area (Å²) >= 11 is 0. The first-order valence-corrected chi connectivity index (χ1v) is 8.20. The van der Waals surface area contributed by atoms with E-state index in [0.29, 0.717) is 12.2 Å². The lowest BCUT2D eigenvalue weighted by atomic mass is 9.90. The van der Waals surface area contributed by atoms with Crippen LogP contribution in [-0.4, -0.2) is 44.3 Å². The number of nitrogens with one attached hydrogen (secondary N) is 2. The van der Waals surface area contributed by atoms with Crippen LogP contribution in [0, 0.1) is 0 Å². The van der Waals surface area contributed by atoms with Gasteiger partial charge in [-0.2, -0.15) is 10.2 Å². The third kappa shape index (κ3) is 2.71. The van der Waals surface area contributed by atoms with Gasteiger partial charge in [-0.3, -0.25) is 15.0 Å². The Bertz CT molecular complexity index is 809. The molecule has 0 saturated carbocycles. The fraction of sp³-hybridized carbons (Fsp3) is 0.278. The molecule has 1 aliphatic rings. The average molecular weight is 321 g/mol. The lowest BCUT2D eigenvalue weighted by Crippen LogP contribution is -2.39. The molecular weight excluding hydrogens is 302 g/mol. The SMILES string of the molecule is O=C(c1ccn[nH]1)N1CCC[C@@H](c2[nH]ncc2-c2ccccc2)C1. The van der Waals surface area contributed by atoms with Crippen molar-refractivity contribution in [1.82, 2.24) is 25.3 Å². The van der Waals surface area contributed by atoms with Gasteiger partial charge < -0.3 is 4.90 Å². The van der Waals surface area contributed by atoms with Crippen LogP contribution in [0.25, 0.3) is 11.1 Å². The minimum Gasteiger partial charge on any atom is -0.337 e. The number of hydrogen-bond donors (Lipinski definition) is 2. The number of likely N-dealkylation sites (tertiary alicyclic amines) is 1. The van der Waals surface area contributed by atoms with Crippen LogP contribution in [0.4, 0.5) is 0 Å². The van der Waals surface area contributed by atoms with E-state index >= 15 is 0 Å². The zero-order valence-electron chi connectivity index (χ0n) is 13.3. The molecule has 122 valence electrons. The first kappa shape index (κ1) is 14.7. The molecule has 1 amide bonds. The van der Waals surface area contributed by atoms with Gasteiger partial charge in [0.2, 0.25) is 0 Å². The molecule has 1 atom stereocenters. The maximum absolute atomic E-state index is 12.6. The van der Waals surface area contributed by atoms with Gasteiger partial charge in [0.25, 0.3) is 5.91 Å². The average Bonchev–Trinajstić information content (AvgIpc) is 3.34. The fourth-order valence-corrected chi connectivity index (χ4v) is 3.40. The molecule has 3 aromatic rings. The van der Waals surface area contributed by atoms with E-state index in [1.807, 2.05) is 29.3 Å². The van der Waals surface area contributed by atoms with E-state index in [1.54, 1.807) is 12.3 Å². The van der Waals surface area contributed by atoms with Gasteiger partial charge in [0.05, 0.1) is 6.20 Å². The molecule has 1 saturated heterocycles. The van der Waals surface area contributed by atoms with Gasteiger partial charge in [0, 0.05) is 36.5 Å². The van der Waals surface area contributed by atoms with Crippen molar-refractivity contribution in [2.45, 2.75) is 18.8 Å². The second-order valence-electron chi connectivity index (χ2n) is 6.12. The number of aromatic amines is 2. The van der Waals surface area contributed by atoms with Crippen molar-refractivity contribution in [2.75, 3.05) is 13.1 Å². The molecule has 0 spiro atoms. The Balaban J connectivity index is 1.57. The molecule has 0 bridgehead atoms. The van der Waals surface area contributed by atoms with Gasteiger partial charge in [0.1, 0.15) is 5.69 Å². The van der Waals surface area contributed by atoms with E-state index in [0.717, 1.165) is 36.2 Å². The zero-order valence-corrected chi connectivity index (χ0v) is 13.3. The molecule has 0 radical (unpaired) electrons. The molecule has 1 fully saturated rings. The van der Waals surface area contributed by atoms with Crippen molar-refractivity contribution in [3.05, 3.63) is 60.2 Å². The molecule has 1 aromatic carbocycles. The molecule has 2 aromatic heterocycles. The molecule has 2 N–H and O–H groups in total. The van der Waals surface area contributed by atoms with Crippen LogP contribution >= 0.6 is 0 Å². The zero-order chi connectivity index (χ0) is 16.4. The first-order chi connectivity index (χ1) is 11.8. The van der Waals surface area contributed by atoms with Crippen LogP contribution < -0.4 is 0 Å². The number of nitrogens with zero attached hydrogens (tertiary/aromatic N) is 3. The predicted octanol–water partition coefficient (Wildman–Crippen LogP) is 2.82. The summed E-state index contributed by atoms with van der Waals surface area (Å²) in [7, 11) is 0. The highest BCUT2D eigenvalue weighted by Crippen LogP contribution is 2.33. The van der Waals surface area contributed by atoms with E-state index in [2.05, 4.69) is 32.5 Å². The number of piperidine rings is 1. The van der Waals surface area contributed by atoms with E-state index in [1.165, 1.54) is 0 Å². The summed E-state index contributed by atoms with van der Waals surface area (Å²) in [5, 5.41) is 14.0. The van der Waals surface area contributed by atoms with Crippen LogP contribution in [0.5, 0.6) is 0 Å². The Morgan fingerprint density at radius 1 is 1.12 bits per heavy atom. The molecule has 6 nitrogen and oxygen atoms in total. The summed E-state index contributed by atoms with van der Waals surface area (Å²) in [6, 6.07) is 12.0. The number of rotatable bonds is 3. The van der Waals surface area contributed by atoms with Crippen molar-refractivity contribution < 1.29 is 4.79 Å². The number of carbonyl (C=O) groups is 1. The second-order valence-corrected chi connectivity index (χ2v) is 6.12. The van der Waals surface area contributed by atoms with E-state index in [9.17, 15) is 4.79 Å². The Hall–Kier alpha value is -2.89. The van der Waals surface area contributed by atoms with E-state index in [4.69, 9.17) is 0 Å². The number of H-pyrrole nitrogens is 2. The van der Waals surface area contributed by atoms with Gasteiger partial charge in [-0.15, -0.1) is 0 Å². The quantitative estimate of drug-likeness (QED) is 0.778. The minimum absolute atomic E-state index is 0.0120. The van der Waals surface area contributed by atoms with Gasteiger partial charge >= 0.3 is 0 Å². The van der Waals surface area contributed by atoms with Crippen LogP contribution in [0.1, 0.15) is 34.9 Å². The summed E-state index contributed by atoms with van der Waals surface area (Å²) in [5.41, 5.74) is 3.93. The number of carbonyl (C=O) groups excluding carboxylic acids is 1. The van der Waals surface area contributed by atoms with E-state index < -0.39 is 0 Å². The maximum atomic E-state index is 12.6. The number of aromatic nitrogens is 4. The summed E-state index contributed by atoms with van der Waals surface area (Å²) < 4.78 is 0.